The first kappa shape index (κ1) is 16.2. The van der Waals surface area contributed by atoms with E-state index in [0.29, 0.717) is 24.9 Å². The number of hydrogen-bond donors (Lipinski definition) is 2. The fraction of sp³-hybridized carbons (Fsp3) is 0.941. The lowest BCUT2D eigenvalue weighted by Crippen LogP contribution is -2.49. The lowest BCUT2D eigenvalue weighted by Gasteiger charge is -2.37. The molecule has 0 spiro atoms. The number of hydrogen-bond acceptors (Lipinski definition) is 4. The highest BCUT2D eigenvalue weighted by Crippen LogP contribution is 2.39. The van der Waals surface area contributed by atoms with Gasteiger partial charge in [-0.25, -0.2) is 0 Å². The number of piperazine rings is 1. The average Bonchev–Trinajstić information content (AvgIpc) is 3.07. The predicted octanol–water partition coefficient (Wildman–Crippen LogP) is 0.792. The van der Waals surface area contributed by atoms with Crippen LogP contribution in [-0.2, 0) is 4.79 Å². The van der Waals surface area contributed by atoms with E-state index in [2.05, 4.69) is 15.1 Å². The Morgan fingerprint density at radius 2 is 1.86 bits per heavy atom. The van der Waals surface area contributed by atoms with Crippen molar-refractivity contribution in [2.75, 3.05) is 45.8 Å². The summed E-state index contributed by atoms with van der Waals surface area (Å²) in [5.74, 6) is 0.352. The summed E-state index contributed by atoms with van der Waals surface area (Å²) in [5, 5.41) is 3.40. The Bertz CT molecular complexity index is 375. The van der Waals surface area contributed by atoms with Crippen LogP contribution in [0.1, 0.15) is 44.9 Å². The zero-order valence-electron chi connectivity index (χ0n) is 13.9. The summed E-state index contributed by atoms with van der Waals surface area (Å²) in [5.41, 5.74) is 6.14. The largest absolute Gasteiger partial charge is 0.341 e. The molecule has 2 aliphatic heterocycles. The minimum absolute atomic E-state index is 0.0997. The zero-order chi connectivity index (χ0) is 15.4. The first-order valence-corrected chi connectivity index (χ1v) is 9.15. The monoisotopic (exact) mass is 308 g/mol. The molecule has 1 amide bonds. The summed E-state index contributed by atoms with van der Waals surface area (Å²) in [6.45, 7) is 6.96. The van der Waals surface area contributed by atoms with Gasteiger partial charge in [-0.1, -0.05) is 19.3 Å². The Kier molecular flexibility index (Phi) is 5.37. The van der Waals surface area contributed by atoms with E-state index in [4.69, 9.17) is 5.73 Å². The number of nitrogens with one attached hydrogen (secondary N) is 1. The van der Waals surface area contributed by atoms with Gasteiger partial charge in [0.15, 0.2) is 0 Å². The molecule has 0 bridgehead atoms. The van der Waals surface area contributed by atoms with E-state index in [-0.39, 0.29) is 5.41 Å². The Labute approximate surface area is 134 Å². The average molecular weight is 308 g/mol. The number of nitrogens with two attached hydrogens (primary N) is 1. The third-order valence-electron chi connectivity index (χ3n) is 6.06. The van der Waals surface area contributed by atoms with Crippen LogP contribution in [0.3, 0.4) is 0 Å². The molecule has 0 aromatic heterocycles. The Hall–Kier alpha value is -0.650. The molecule has 3 aliphatic rings. The van der Waals surface area contributed by atoms with E-state index in [1.54, 1.807) is 0 Å². The van der Waals surface area contributed by atoms with Crippen LogP contribution in [-0.4, -0.2) is 67.6 Å². The molecule has 0 radical (unpaired) electrons. The predicted molar refractivity (Wildman–Crippen MR) is 88.6 cm³/mol. The van der Waals surface area contributed by atoms with Crippen LogP contribution < -0.4 is 11.1 Å². The van der Waals surface area contributed by atoms with Gasteiger partial charge in [0.2, 0.25) is 5.91 Å². The van der Waals surface area contributed by atoms with Gasteiger partial charge in [-0.05, 0) is 31.2 Å². The molecule has 5 nitrogen and oxygen atoms in total. The number of nitrogens with zero attached hydrogens (tertiary/aromatic N) is 2. The third kappa shape index (κ3) is 3.63. The molecular formula is C17H32N4O. The number of amides is 1. The van der Waals surface area contributed by atoms with Crippen molar-refractivity contribution >= 4 is 5.91 Å². The van der Waals surface area contributed by atoms with Crippen LogP contribution >= 0.6 is 0 Å². The maximum atomic E-state index is 12.7. The number of likely N-dealkylation sites (tertiary alicyclic amines) is 1. The second kappa shape index (κ2) is 7.28. The van der Waals surface area contributed by atoms with Crippen LogP contribution in [0.5, 0.6) is 0 Å². The highest BCUT2D eigenvalue weighted by atomic mass is 16.2. The summed E-state index contributed by atoms with van der Waals surface area (Å²) >= 11 is 0. The molecule has 1 unspecified atom stereocenters. The number of carbonyl (C=O) groups excluding carboxylic acids is 1. The van der Waals surface area contributed by atoms with Crippen molar-refractivity contribution in [2.24, 2.45) is 11.1 Å². The number of carbonyl (C=O) groups is 1. The Morgan fingerprint density at radius 3 is 2.55 bits per heavy atom. The highest BCUT2D eigenvalue weighted by molar-refractivity contribution is 5.77. The van der Waals surface area contributed by atoms with E-state index >= 15 is 0 Å². The van der Waals surface area contributed by atoms with E-state index in [1.807, 2.05) is 0 Å². The van der Waals surface area contributed by atoms with Gasteiger partial charge < -0.3 is 16.0 Å². The molecule has 2 saturated heterocycles. The molecule has 0 aromatic rings. The van der Waals surface area contributed by atoms with Crippen LogP contribution in [0.15, 0.2) is 0 Å². The van der Waals surface area contributed by atoms with Crippen molar-refractivity contribution in [2.45, 2.75) is 51.0 Å². The summed E-state index contributed by atoms with van der Waals surface area (Å²) in [6.07, 6.45) is 7.90. The van der Waals surface area contributed by atoms with Crippen molar-refractivity contribution in [1.82, 2.24) is 15.1 Å². The summed E-state index contributed by atoms with van der Waals surface area (Å²) in [7, 11) is 0. The molecule has 1 atom stereocenters. The normalized spacial score (nSPS) is 29.7. The highest BCUT2D eigenvalue weighted by Gasteiger charge is 2.37. The van der Waals surface area contributed by atoms with Crippen LogP contribution in [0.25, 0.3) is 0 Å². The second-order valence-corrected chi connectivity index (χ2v) is 7.51. The van der Waals surface area contributed by atoms with Crippen molar-refractivity contribution in [3.05, 3.63) is 0 Å². The van der Waals surface area contributed by atoms with Crippen molar-refractivity contribution in [1.29, 1.82) is 0 Å². The minimum atomic E-state index is 0.0997. The molecule has 126 valence electrons. The van der Waals surface area contributed by atoms with Gasteiger partial charge in [-0.2, -0.15) is 0 Å². The maximum absolute atomic E-state index is 12.7. The van der Waals surface area contributed by atoms with Crippen LogP contribution in [0.2, 0.25) is 0 Å². The van der Waals surface area contributed by atoms with Gasteiger partial charge in [0.05, 0.1) is 0 Å². The lowest BCUT2D eigenvalue weighted by atomic mass is 9.71. The zero-order valence-corrected chi connectivity index (χ0v) is 13.9. The van der Waals surface area contributed by atoms with Gasteiger partial charge in [-0.3, -0.25) is 9.69 Å². The molecule has 22 heavy (non-hydrogen) atoms. The van der Waals surface area contributed by atoms with Gasteiger partial charge in [-0.15, -0.1) is 0 Å². The standard InChI is InChI=1S/C17H32N4O/c18-14-17(5-2-1-3-6-17)12-16(22)21-9-4-15(13-21)20-10-7-19-8-11-20/h15,19H,1-14,18H2. The molecular weight excluding hydrogens is 276 g/mol. The third-order valence-corrected chi connectivity index (χ3v) is 6.06. The van der Waals surface area contributed by atoms with Gasteiger partial charge >= 0.3 is 0 Å². The van der Waals surface area contributed by atoms with E-state index in [9.17, 15) is 4.79 Å². The molecule has 1 saturated carbocycles. The van der Waals surface area contributed by atoms with E-state index < -0.39 is 0 Å². The van der Waals surface area contributed by atoms with Crippen LogP contribution in [0.4, 0.5) is 0 Å². The first-order chi connectivity index (χ1) is 10.7. The molecule has 1 aliphatic carbocycles. The maximum Gasteiger partial charge on any atom is 0.223 e. The lowest BCUT2D eigenvalue weighted by molar-refractivity contribution is -0.133. The smallest absolute Gasteiger partial charge is 0.223 e. The van der Waals surface area contributed by atoms with Crippen LogP contribution in [0, 0.1) is 5.41 Å². The summed E-state index contributed by atoms with van der Waals surface area (Å²) in [6, 6.07) is 0.575. The molecule has 2 heterocycles. The SMILES string of the molecule is NCC1(CC(=O)N2CCC(N3CCNCC3)C2)CCCCC1. The van der Waals surface area contributed by atoms with E-state index in [0.717, 1.165) is 58.5 Å². The minimum Gasteiger partial charge on any atom is -0.341 e. The van der Waals surface area contributed by atoms with E-state index in [1.165, 1.54) is 19.3 Å². The van der Waals surface area contributed by atoms with Gasteiger partial charge in [0.1, 0.15) is 0 Å². The van der Waals surface area contributed by atoms with Crippen molar-refractivity contribution < 1.29 is 4.79 Å². The Balaban J connectivity index is 1.52. The summed E-state index contributed by atoms with van der Waals surface area (Å²) in [4.78, 5) is 17.4. The fourth-order valence-corrected chi connectivity index (χ4v) is 4.50. The van der Waals surface area contributed by atoms with Crippen molar-refractivity contribution in [3.8, 4) is 0 Å². The molecule has 3 rings (SSSR count). The molecule has 3 fully saturated rings. The summed E-state index contributed by atoms with van der Waals surface area (Å²) < 4.78 is 0. The Morgan fingerprint density at radius 1 is 1.14 bits per heavy atom. The second-order valence-electron chi connectivity index (χ2n) is 7.51. The first-order valence-electron chi connectivity index (χ1n) is 9.15. The van der Waals surface area contributed by atoms with Crippen molar-refractivity contribution in [3.63, 3.8) is 0 Å². The molecule has 3 N–H and O–H groups in total. The van der Waals surface area contributed by atoms with Gasteiger partial charge in [0, 0.05) is 51.7 Å². The fourth-order valence-electron chi connectivity index (χ4n) is 4.50. The number of rotatable bonds is 4. The quantitative estimate of drug-likeness (QED) is 0.806. The topological polar surface area (TPSA) is 61.6 Å². The van der Waals surface area contributed by atoms with Gasteiger partial charge in [0.25, 0.3) is 0 Å². The molecule has 5 heteroatoms. The molecule has 0 aromatic carbocycles.